The van der Waals surface area contributed by atoms with Crippen molar-refractivity contribution in [3.05, 3.63) is 34.9 Å². The zero-order valence-electron chi connectivity index (χ0n) is 9.43. The van der Waals surface area contributed by atoms with Crippen LogP contribution in [0.4, 0.5) is 0 Å². The molecule has 1 saturated carbocycles. The van der Waals surface area contributed by atoms with Crippen LogP contribution in [0.3, 0.4) is 0 Å². The highest BCUT2D eigenvalue weighted by atomic mass is 35.5. The molecule has 1 fully saturated rings. The molecule has 1 aliphatic rings. The molecule has 1 aromatic rings. The predicted octanol–water partition coefficient (Wildman–Crippen LogP) is 4.95. The normalized spacial score (nSPS) is 20.9. The van der Waals surface area contributed by atoms with Gasteiger partial charge in [-0.1, -0.05) is 56.3 Å². The monoisotopic (exact) mass is 222 g/mol. The number of rotatable bonds is 1. The van der Waals surface area contributed by atoms with Crippen molar-refractivity contribution in [2.45, 2.75) is 50.9 Å². The van der Waals surface area contributed by atoms with Gasteiger partial charge in [-0.3, -0.25) is 0 Å². The molecule has 0 heterocycles. The average Bonchev–Trinajstić information content (AvgIpc) is 2.45. The van der Waals surface area contributed by atoms with Crippen molar-refractivity contribution >= 4 is 11.6 Å². The molecule has 0 bridgehead atoms. The van der Waals surface area contributed by atoms with Gasteiger partial charge in [0.25, 0.3) is 0 Å². The van der Waals surface area contributed by atoms with E-state index in [1.807, 2.05) is 12.1 Å². The number of benzene rings is 1. The van der Waals surface area contributed by atoms with Crippen molar-refractivity contribution in [1.82, 2.24) is 0 Å². The smallest absolute Gasteiger partial charge is 0.0406 e. The van der Waals surface area contributed by atoms with Gasteiger partial charge in [-0.25, -0.2) is 0 Å². The van der Waals surface area contributed by atoms with E-state index in [1.165, 1.54) is 44.1 Å². The highest BCUT2D eigenvalue weighted by molar-refractivity contribution is 6.30. The van der Waals surface area contributed by atoms with Gasteiger partial charge in [-0.2, -0.15) is 0 Å². The van der Waals surface area contributed by atoms with Gasteiger partial charge in [0.05, 0.1) is 0 Å². The Kier molecular flexibility index (Phi) is 3.35. The minimum absolute atomic E-state index is 0.390. The molecule has 1 aromatic carbocycles. The number of hydrogen-bond acceptors (Lipinski definition) is 0. The van der Waals surface area contributed by atoms with Crippen LogP contribution in [-0.2, 0) is 5.41 Å². The molecule has 0 unspecified atom stereocenters. The Labute approximate surface area is 97.6 Å². The molecular weight excluding hydrogens is 204 g/mol. The van der Waals surface area contributed by atoms with E-state index in [-0.39, 0.29) is 0 Å². The maximum Gasteiger partial charge on any atom is 0.0406 e. The van der Waals surface area contributed by atoms with E-state index < -0.39 is 0 Å². The van der Waals surface area contributed by atoms with Crippen LogP contribution in [0.15, 0.2) is 24.3 Å². The van der Waals surface area contributed by atoms with Crippen LogP contribution in [0.2, 0.25) is 5.02 Å². The first kappa shape index (κ1) is 11.0. The lowest BCUT2D eigenvalue weighted by atomic mass is 9.76. The molecule has 0 radical (unpaired) electrons. The van der Waals surface area contributed by atoms with Crippen molar-refractivity contribution in [3.8, 4) is 0 Å². The van der Waals surface area contributed by atoms with Crippen LogP contribution in [-0.4, -0.2) is 0 Å². The molecule has 1 aliphatic carbocycles. The van der Waals surface area contributed by atoms with Crippen molar-refractivity contribution in [2.75, 3.05) is 0 Å². The molecule has 0 spiro atoms. The number of hydrogen-bond donors (Lipinski definition) is 0. The minimum Gasteiger partial charge on any atom is -0.0843 e. The summed E-state index contributed by atoms with van der Waals surface area (Å²) in [5.41, 5.74) is 1.86. The van der Waals surface area contributed by atoms with Crippen molar-refractivity contribution in [1.29, 1.82) is 0 Å². The van der Waals surface area contributed by atoms with Gasteiger partial charge in [-0.15, -0.1) is 0 Å². The Morgan fingerprint density at radius 3 is 2.00 bits per heavy atom. The molecule has 0 atom stereocenters. The fraction of sp³-hybridized carbons (Fsp3) is 0.571. The third-order valence-electron chi connectivity index (χ3n) is 3.75. The van der Waals surface area contributed by atoms with Crippen LogP contribution in [0, 0.1) is 0 Å². The van der Waals surface area contributed by atoms with Gasteiger partial charge >= 0.3 is 0 Å². The van der Waals surface area contributed by atoms with Gasteiger partial charge in [0, 0.05) is 5.02 Å². The first-order valence-corrected chi connectivity index (χ1v) is 6.35. The molecule has 82 valence electrons. The Morgan fingerprint density at radius 1 is 0.933 bits per heavy atom. The predicted molar refractivity (Wildman–Crippen MR) is 66.5 cm³/mol. The van der Waals surface area contributed by atoms with Crippen LogP contribution < -0.4 is 0 Å². The molecule has 0 aliphatic heterocycles. The Balaban J connectivity index is 2.22. The average molecular weight is 223 g/mol. The lowest BCUT2D eigenvalue weighted by Gasteiger charge is -2.28. The standard InChI is InChI=1S/C14H19Cl/c1-14(10-4-2-3-5-11-14)12-6-8-13(15)9-7-12/h6-9H,2-5,10-11H2,1H3. The molecule has 0 saturated heterocycles. The molecule has 1 heteroatoms. The van der Waals surface area contributed by atoms with Gasteiger partial charge in [0.1, 0.15) is 0 Å². The highest BCUT2D eigenvalue weighted by Crippen LogP contribution is 2.38. The summed E-state index contributed by atoms with van der Waals surface area (Å²) in [7, 11) is 0. The summed E-state index contributed by atoms with van der Waals surface area (Å²) in [5, 5.41) is 0.843. The lowest BCUT2D eigenvalue weighted by Crippen LogP contribution is -2.20. The quantitative estimate of drug-likeness (QED) is 0.590. The van der Waals surface area contributed by atoms with Gasteiger partial charge < -0.3 is 0 Å². The molecule has 2 rings (SSSR count). The van der Waals surface area contributed by atoms with E-state index in [0.29, 0.717) is 5.41 Å². The van der Waals surface area contributed by atoms with E-state index in [9.17, 15) is 0 Å². The fourth-order valence-corrected chi connectivity index (χ4v) is 2.78. The van der Waals surface area contributed by atoms with E-state index in [0.717, 1.165) is 5.02 Å². The van der Waals surface area contributed by atoms with Crippen LogP contribution in [0.1, 0.15) is 51.0 Å². The third-order valence-corrected chi connectivity index (χ3v) is 4.00. The second-order valence-corrected chi connectivity index (χ2v) is 5.42. The van der Waals surface area contributed by atoms with Gasteiger partial charge in [0.15, 0.2) is 0 Å². The Bertz CT molecular complexity index is 305. The van der Waals surface area contributed by atoms with Crippen LogP contribution in [0.5, 0.6) is 0 Å². The summed E-state index contributed by atoms with van der Waals surface area (Å²) < 4.78 is 0. The third kappa shape index (κ3) is 2.55. The summed E-state index contributed by atoms with van der Waals surface area (Å²) in [6.45, 7) is 2.40. The zero-order valence-corrected chi connectivity index (χ0v) is 10.2. The van der Waals surface area contributed by atoms with Gasteiger partial charge in [0.2, 0.25) is 0 Å². The zero-order chi connectivity index (χ0) is 10.7. The molecule has 0 aromatic heterocycles. The van der Waals surface area contributed by atoms with Crippen LogP contribution in [0.25, 0.3) is 0 Å². The van der Waals surface area contributed by atoms with E-state index >= 15 is 0 Å². The first-order valence-electron chi connectivity index (χ1n) is 5.97. The number of halogens is 1. The summed E-state index contributed by atoms with van der Waals surface area (Å²) in [4.78, 5) is 0. The van der Waals surface area contributed by atoms with Crippen molar-refractivity contribution in [3.63, 3.8) is 0 Å². The van der Waals surface area contributed by atoms with E-state index in [1.54, 1.807) is 0 Å². The Hall–Kier alpha value is -0.490. The fourth-order valence-electron chi connectivity index (χ4n) is 2.65. The molecule has 0 N–H and O–H groups in total. The van der Waals surface area contributed by atoms with Gasteiger partial charge in [-0.05, 0) is 36.0 Å². The first-order chi connectivity index (χ1) is 7.21. The van der Waals surface area contributed by atoms with E-state index in [4.69, 9.17) is 11.6 Å². The second-order valence-electron chi connectivity index (χ2n) is 4.98. The second kappa shape index (κ2) is 4.57. The summed E-state index contributed by atoms with van der Waals surface area (Å²) in [5.74, 6) is 0. The molecular formula is C14H19Cl. The molecule has 0 amide bonds. The largest absolute Gasteiger partial charge is 0.0843 e. The topological polar surface area (TPSA) is 0 Å². The highest BCUT2D eigenvalue weighted by Gasteiger charge is 2.27. The molecule has 0 nitrogen and oxygen atoms in total. The summed E-state index contributed by atoms with van der Waals surface area (Å²) in [6.07, 6.45) is 8.22. The van der Waals surface area contributed by atoms with Crippen molar-refractivity contribution < 1.29 is 0 Å². The van der Waals surface area contributed by atoms with Crippen molar-refractivity contribution in [2.24, 2.45) is 0 Å². The molecule has 15 heavy (non-hydrogen) atoms. The minimum atomic E-state index is 0.390. The summed E-state index contributed by atoms with van der Waals surface area (Å²) in [6, 6.07) is 8.45. The lowest BCUT2D eigenvalue weighted by molar-refractivity contribution is 0.409. The summed E-state index contributed by atoms with van der Waals surface area (Å²) >= 11 is 5.93. The Morgan fingerprint density at radius 2 is 1.47 bits per heavy atom. The maximum absolute atomic E-state index is 5.93. The SMILES string of the molecule is CC1(c2ccc(Cl)cc2)CCCCCC1. The van der Waals surface area contributed by atoms with E-state index in [2.05, 4.69) is 19.1 Å². The van der Waals surface area contributed by atoms with Crippen LogP contribution >= 0.6 is 11.6 Å². The maximum atomic E-state index is 5.93.